The van der Waals surface area contributed by atoms with E-state index in [-0.39, 0.29) is 17.7 Å². The van der Waals surface area contributed by atoms with Crippen molar-refractivity contribution in [2.75, 3.05) is 25.9 Å². The van der Waals surface area contributed by atoms with Crippen LogP contribution in [0.3, 0.4) is 0 Å². The lowest BCUT2D eigenvalue weighted by Crippen LogP contribution is -2.47. The Morgan fingerprint density at radius 1 is 1.27 bits per heavy atom. The molecule has 1 unspecified atom stereocenters. The number of hydrogen-bond donors (Lipinski definition) is 2. The highest BCUT2D eigenvalue weighted by atomic mass is 32.2. The molecule has 0 spiro atoms. The zero-order valence-electron chi connectivity index (χ0n) is 15.6. The van der Waals surface area contributed by atoms with Gasteiger partial charge in [0.1, 0.15) is 0 Å². The van der Waals surface area contributed by atoms with Gasteiger partial charge in [0.25, 0.3) is 0 Å². The topological polar surface area (TPSA) is 96.3 Å². The van der Waals surface area contributed by atoms with E-state index in [1.54, 1.807) is 4.90 Å². The summed E-state index contributed by atoms with van der Waals surface area (Å²) in [4.78, 5) is 14.3. The Morgan fingerprint density at radius 3 is 2.81 bits per heavy atom. The molecule has 1 aliphatic carbocycles. The van der Waals surface area contributed by atoms with Crippen molar-refractivity contribution in [3.63, 3.8) is 0 Å². The molecular weight excluding hydrogens is 354 g/mol. The number of aromatic nitrogens is 2. The van der Waals surface area contributed by atoms with Crippen LogP contribution < -0.4 is 10.0 Å². The molecule has 2 aliphatic rings. The third-order valence-electron chi connectivity index (χ3n) is 5.43. The fourth-order valence-electron chi connectivity index (χ4n) is 4.02. The summed E-state index contributed by atoms with van der Waals surface area (Å²) in [5.74, 6) is 0.0547. The second-order valence-electron chi connectivity index (χ2n) is 7.30. The SMILES string of the molecule is CNS(=O)(=O)CC1CCCN(C(=O)NCc2c3c(nn2C)CCCC3)C1. The quantitative estimate of drug-likeness (QED) is 0.785. The summed E-state index contributed by atoms with van der Waals surface area (Å²) in [6.07, 6.45) is 6.07. The Morgan fingerprint density at radius 2 is 2.04 bits per heavy atom. The molecular formula is C17H29N5O3S. The Balaban J connectivity index is 1.57. The van der Waals surface area contributed by atoms with E-state index in [0.29, 0.717) is 19.6 Å². The Kier molecular flexibility index (Phi) is 5.86. The van der Waals surface area contributed by atoms with E-state index < -0.39 is 10.0 Å². The summed E-state index contributed by atoms with van der Waals surface area (Å²) in [6, 6.07) is -0.123. The highest BCUT2D eigenvalue weighted by Gasteiger charge is 2.27. The summed E-state index contributed by atoms with van der Waals surface area (Å²) in [7, 11) is 0.106. The molecule has 1 aromatic heterocycles. The minimum Gasteiger partial charge on any atom is -0.332 e. The molecule has 146 valence electrons. The minimum absolute atomic E-state index is 0.0172. The first kappa shape index (κ1) is 19.2. The van der Waals surface area contributed by atoms with Gasteiger partial charge in [-0.1, -0.05) is 0 Å². The van der Waals surface area contributed by atoms with Crippen LogP contribution in [0.15, 0.2) is 0 Å². The molecule has 3 rings (SSSR count). The number of piperidine rings is 1. The van der Waals surface area contributed by atoms with Crippen molar-refractivity contribution < 1.29 is 13.2 Å². The summed E-state index contributed by atoms with van der Waals surface area (Å²) in [6.45, 7) is 1.62. The lowest BCUT2D eigenvalue weighted by molar-refractivity contribution is 0.169. The van der Waals surface area contributed by atoms with Gasteiger partial charge >= 0.3 is 6.03 Å². The Bertz CT molecular complexity index is 759. The highest BCUT2D eigenvalue weighted by Crippen LogP contribution is 2.24. The van der Waals surface area contributed by atoms with Crippen molar-refractivity contribution in [2.45, 2.75) is 45.1 Å². The normalized spacial score (nSPS) is 20.7. The number of likely N-dealkylation sites (tertiary alicyclic amines) is 1. The van der Waals surface area contributed by atoms with E-state index in [0.717, 1.165) is 31.4 Å². The zero-order chi connectivity index (χ0) is 18.7. The van der Waals surface area contributed by atoms with E-state index >= 15 is 0 Å². The van der Waals surface area contributed by atoms with Crippen LogP contribution in [-0.4, -0.2) is 55.0 Å². The molecule has 9 heteroatoms. The van der Waals surface area contributed by atoms with Crippen molar-refractivity contribution >= 4 is 16.1 Å². The number of hydrogen-bond acceptors (Lipinski definition) is 4. The van der Waals surface area contributed by atoms with E-state index in [9.17, 15) is 13.2 Å². The van der Waals surface area contributed by atoms with Gasteiger partial charge in [-0.25, -0.2) is 17.9 Å². The molecule has 2 amide bonds. The van der Waals surface area contributed by atoms with Gasteiger partial charge in [0.2, 0.25) is 10.0 Å². The van der Waals surface area contributed by atoms with Gasteiger partial charge in [0.15, 0.2) is 0 Å². The summed E-state index contributed by atoms with van der Waals surface area (Å²) in [5, 5.41) is 7.59. The molecule has 1 fully saturated rings. The number of sulfonamides is 1. The Labute approximate surface area is 155 Å². The molecule has 1 saturated heterocycles. The van der Waals surface area contributed by atoms with Crippen molar-refractivity contribution in [3.8, 4) is 0 Å². The molecule has 0 saturated carbocycles. The number of amides is 2. The molecule has 2 heterocycles. The maximum Gasteiger partial charge on any atom is 0.317 e. The largest absolute Gasteiger partial charge is 0.332 e. The third kappa shape index (κ3) is 4.37. The molecule has 2 N–H and O–H groups in total. The zero-order valence-corrected chi connectivity index (χ0v) is 16.4. The molecule has 0 radical (unpaired) electrons. The minimum atomic E-state index is -3.25. The molecule has 8 nitrogen and oxygen atoms in total. The van der Waals surface area contributed by atoms with E-state index in [1.165, 1.54) is 31.1 Å². The first-order chi connectivity index (χ1) is 12.4. The smallest absolute Gasteiger partial charge is 0.317 e. The Hall–Kier alpha value is -1.61. The van der Waals surface area contributed by atoms with Gasteiger partial charge in [-0.2, -0.15) is 5.10 Å². The molecule has 0 aromatic carbocycles. The first-order valence-electron chi connectivity index (χ1n) is 9.37. The van der Waals surface area contributed by atoms with Gasteiger partial charge in [0.05, 0.1) is 23.7 Å². The average Bonchev–Trinajstić information content (AvgIpc) is 2.94. The summed E-state index contributed by atoms with van der Waals surface area (Å²) in [5.41, 5.74) is 3.54. The number of urea groups is 1. The maximum atomic E-state index is 12.6. The lowest BCUT2D eigenvalue weighted by atomic mass is 9.96. The fraction of sp³-hybridized carbons (Fsp3) is 0.765. The predicted octanol–water partition coefficient (Wildman–Crippen LogP) is 0.770. The monoisotopic (exact) mass is 383 g/mol. The first-order valence-corrected chi connectivity index (χ1v) is 11.0. The van der Waals surface area contributed by atoms with Crippen molar-refractivity contribution in [1.29, 1.82) is 0 Å². The van der Waals surface area contributed by atoms with Crippen LogP contribution in [0.1, 0.15) is 42.6 Å². The summed E-state index contributed by atoms with van der Waals surface area (Å²) >= 11 is 0. The molecule has 1 atom stereocenters. The van der Waals surface area contributed by atoms with E-state index in [4.69, 9.17) is 0 Å². The van der Waals surface area contributed by atoms with Crippen molar-refractivity contribution in [2.24, 2.45) is 13.0 Å². The van der Waals surface area contributed by atoms with Crippen LogP contribution in [0, 0.1) is 5.92 Å². The van der Waals surface area contributed by atoms with Gasteiger partial charge in [0, 0.05) is 20.1 Å². The van der Waals surface area contributed by atoms with Crippen LogP contribution in [0.5, 0.6) is 0 Å². The van der Waals surface area contributed by atoms with Crippen LogP contribution >= 0.6 is 0 Å². The molecule has 26 heavy (non-hydrogen) atoms. The third-order valence-corrected chi connectivity index (χ3v) is 6.96. The molecule has 1 aliphatic heterocycles. The number of carbonyl (C=O) groups is 1. The number of fused-ring (bicyclic) bond motifs is 1. The molecule has 1 aromatic rings. The fourth-order valence-corrected chi connectivity index (χ4v) is 5.08. The number of rotatable bonds is 5. The lowest BCUT2D eigenvalue weighted by Gasteiger charge is -2.32. The second-order valence-corrected chi connectivity index (χ2v) is 9.27. The summed E-state index contributed by atoms with van der Waals surface area (Å²) < 4.78 is 27.8. The van der Waals surface area contributed by atoms with Crippen LogP contribution in [-0.2, 0) is 36.5 Å². The highest BCUT2D eigenvalue weighted by molar-refractivity contribution is 7.89. The van der Waals surface area contributed by atoms with Gasteiger partial charge in [-0.3, -0.25) is 4.68 Å². The van der Waals surface area contributed by atoms with Crippen LogP contribution in [0.2, 0.25) is 0 Å². The number of nitrogens with zero attached hydrogens (tertiary/aromatic N) is 3. The van der Waals surface area contributed by atoms with E-state index in [2.05, 4.69) is 15.1 Å². The predicted molar refractivity (Wildman–Crippen MR) is 99.2 cm³/mol. The number of carbonyl (C=O) groups excluding carboxylic acids is 1. The van der Waals surface area contributed by atoms with Gasteiger partial charge < -0.3 is 10.2 Å². The number of nitrogens with one attached hydrogen (secondary N) is 2. The van der Waals surface area contributed by atoms with Gasteiger partial charge in [-0.05, 0) is 57.1 Å². The van der Waals surface area contributed by atoms with Crippen LogP contribution in [0.4, 0.5) is 4.79 Å². The van der Waals surface area contributed by atoms with E-state index in [1.807, 2.05) is 11.7 Å². The van der Waals surface area contributed by atoms with Crippen molar-refractivity contribution in [3.05, 3.63) is 17.0 Å². The number of aryl methyl sites for hydroxylation is 2. The maximum absolute atomic E-state index is 12.6. The molecule has 0 bridgehead atoms. The van der Waals surface area contributed by atoms with Gasteiger partial charge in [-0.15, -0.1) is 0 Å². The second kappa shape index (κ2) is 7.96. The van der Waals surface area contributed by atoms with Crippen molar-refractivity contribution in [1.82, 2.24) is 24.7 Å². The standard InChI is InChI=1S/C17H29N5O3S/c1-18-26(24,25)12-13-6-5-9-22(11-13)17(23)19-10-16-14-7-3-4-8-15(14)20-21(16)2/h13,18H,3-12H2,1-2H3,(H,19,23). The van der Waals surface area contributed by atoms with Crippen LogP contribution in [0.25, 0.3) is 0 Å². The average molecular weight is 384 g/mol.